The highest BCUT2D eigenvalue weighted by molar-refractivity contribution is 7.89. The van der Waals surface area contributed by atoms with Gasteiger partial charge in [-0.2, -0.15) is 4.31 Å². The summed E-state index contributed by atoms with van der Waals surface area (Å²) in [5.74, 6) is -1.81. The Labute approximate surface area is 175 Å². The van der Waals surface area contributed by atoms with Crippen molar-refractivity contribution in [2.75, 3.05) is 19.7 Å². The third-order valence-corrected chi connectivity index (χ3v) is 6.79. The average Bonchev–Trinajstić information content (AvgIpc) is 3.19. The Morgan fingerprint density at radius 3 is 2.47 bits per heavy atom. The number of carbonyl (C=O) groups excluding carboxylic acids is 3. The van der Waals surface area contributed by atoms with Crippen molar-refractivity contribution in [1.29, 1.82) is 0 Å². The first kappa shape index (κ1) is 21.9. The first-order chi connectivity index (χ1) is 14.1. The van der Waals surface area contributed by atoms with Gasteiger partial charge in [0.1, 0.15) is 6.61 Å². The molecular weight excluding hydrogens is 410 g/mol. The zero-order chi connectivity index (χ0) is 22.1. The Hall–Kier alpha value is -2.78. The zero-order valence-electron chi connectivity index (χ0n) is 17.0. The van der Waals surface area contributed by atoms with Crippen molar-refractivity contribution in [3.63, 3.8) is 0 Å². The van der Waals surface area contributed by atoms with Crippen LogP contribution < -0.4 is 0 Å². The summed E-state index contributed by atoms with van der Waals surface area (Å²) in [6, 6.07) is 6.59. The van der Waals surface area contributed by atoms with Gasteiger partial charge in [-0.05, 0) is 36.8 Å². The number of ketones is 1. The number of fused-ring (bicyclic) bond motifs is 1. The minimum Gasteiger partial charge on any atom is -0.462 e. The molecule has 1 heterocycles. The van der Waals surface area contributed by atoms with Crippen LogP contribution in [0.4, 0.5) is 0 Å². The highest BCUT2D eigenvalue weighted by atomic mass is 32.2. The maximum absolute atomic E-state index is 13.0. The normalized spacial score (nSPS) is 21.3. The summed E-state index contributed by atoms with van der Waals surface area (Å²) in [7, 11) is -3.71. The number of hydrogen-bond donors (Lipinski definition) is 0. The van der Waals surface area contributed by atoms with Gasteiger partial charge in [-0.1, -0.05) is 17.7 Å². The van der Waals surface area contributed by atoms with E-state index >= 15 is 0 Å². The van der Waals surface area contributed by atoms with Gasteiger partial charge in [0.25, 0.3) is 0 Å². The van der Waals surface area contributed by atoms with Gasteiger partial charge >= 0.3 is 11.9 Å². The first-order valence-electron chi connectivity index (χ1n) is 9.42. The molecule has 8 nitrogen and oxygen atoms in total. The lowest BCUT2D eigenvalue weighted by molar-refractivity contribution is -0.153. The molecule has 1 saturated heterocycles. The molecule has 1 aliphatic heterocycles. The van der Waals surface area contributed by atoms with E-state index in [1.165, 1.54) is 30.3 Å². The number of esters is 2. The Balaban J connectivity index is 1.83. The van der Waals surface area contributed by atoms with Crippen LogP contribution in [0.2, 0.25) is 0 Å². The second-order valence-corrected chi connectivity index (χ2v) is 9.26. The molecule has 0 unspecified atom stereocenters. The van der Waals surface area contributed by atoms with Crippen LogP contribution in [0, 0.1) is 12.8 Å². The van der Waals surface area contributed by atoms with Crippen LogP contribution in [0.3, 0.4) is 0 Å². The van der Waals surface area contributed by atoms with E-state index in [1.807, 2.05) is 6.92 Å². The van der Waals surface area contributed by atoms with Gasteiger partial charge < -0.3 is 9.47 Å². The van der Waals surface area contributed by atoms with Crippen LogP contribution in [-0.2, 0) is 33.9 Å². The monoisotopic (exact) mass is 433 g/mol. The summed E-state index contributed by atoms with van der Waals surface area (Å²) in [6.07, 6.45) is 1.95. The lowest BCUT2D eigenvalue weighted by Gasteiger charge is -2.18. The van der Waals surface area contributed by atoms with Crippen LogP contribution in [0.25, 0.3) is 0 Å². The van der Waals surface area contributed by atoms with Crippen LogP contribution in [0.15, 0.2) is 52.5 Å². The summed E-state index contributed by atoms with van der Waals surface area (Å²) in [6.45, 7) is 4.32. The van der Waals surface area contributed by atoms with Crippen molar-refractivity contribution in [3.05, 3.63) is 53.1 Å². The third-order valence-electron chi connectivity index (χ3n) is 4.96. The minimum absolute atomic E-state index is 0.111. The Morgan fingerprint density at radius 1 is 1.20 bits per heavy atom. The minimum atomic E-state index is -3.71. The molecule has 2 atom stereocenters. The maximum Gasteiger partial charge on any atom is 0.303 e. The Morgan fingerprint density at radius 2 is 1.87 bits per heavy atom. The molecule has 1 aliphatic carbocycles. The summed E-state index contributed by atoms with van der Waals surface area (Å²) in [5, 5.41) is 0. The molecular formula is C21H23NO7S. The lowest BCUT2D eigenvalue weighted by Crippen LogP contribution is -2.30. The van der Waals surface area contributed by atoms with Crippen molar-refractivity contribution in [2.24, 2.45) is 5.92 Å². The van der Waals surface area contributed by atoms with E-state index in [2.05, 4.69) is 0 Å². The quantitative estimate of drug-likeness (QED) is 0.495. The van der Waals surface area contributed by atoms with Gasteiger partial charge in [0, 0.05) is 38.4 Å². The Kier molecular flexibility index (Phi) is 6.23. The number of aryl methyl sites for hydroxylation is 1. The van der Waals surface area contributed by atoms with E-state index in [-0.39, 0.29) is 30.4 Å². The zero-order valence-corrected chi connectivity index (χ0v) is 17.8. The number of sulfonamides is 1. The number of benzene rings is 1. The number of rotatable bonds is 6. The van der Waals surface area contributed by atoms with E-state index in [1.54, 1.807) is 24.3 Å². The molecule has 9 heteroatoms. The van der Waals surface area contributed by atoms with E-state index in [9.17, 15) is 22.8 Å². The fourth-order valence-corrected chi connectivity index (χ4v) is 4.98. The number of ether oxygens (including phenoxy) is 2. The smallest absolute Gasteiger partial charge is 0.303 e. The van der Waals surface area contributed by atoms with Crippen molar-refractivity contribution >= 4 is 27.7 Å². The van der Waals surface area contributed by atoms with E-state index < -0.39 is 34.0 Å². The van der Waals surface area contributed by atoms with Crippen molar-refractivity contribution < 1.29 is 32.3 Å². The van der Waals surface area contributed by atoms with E-state index in [4.69, 9.17) is 9.47 Å². The second-order valence-electron chi connectivity index (χ2n) is 7.32. The second kappa shape index (κ2) is 8.53. The predicted molar refractivity (Wildman–Crippen MR) is 107 cm³/mol. The van der Waals surface area contributed by atoms with Crippen LogP contribution in [0.1, 0.15) is 19.4 Å². The highest BCUT2D eigenvalue weighted by Gasteiger charge is 2.42. The van der Waals surface area contributed by atoms with Gasteiger partial charge in [-0.25, -0.2) is 8.42 Å². The summed E-state index contributed by atoms with van der Waals surface area (Å²) < 4.78 is 37.3. The average molecular weight is 433 g/mol. The molecule has 2 aliphatic rings. The van der Waals surface area contributed by atoms with Gasteiger partial charge in [0.15, 0.2) is 11.9 Å². The lowest BCUT2D eigenvalue weighted by atomic mass is 9.98. The Bertz CT molecular complexity index is 1040. The fourth-order valence-electron chi connectivity index (χ4n) is 3.54. The molecule has 0 amide bonds. The van der Waals surface area contributed by atoms with Gasteiger partial charge in [0.05, 0.1) is 4.90 Å². The van der Waals surface area contributed by atoms with Crippen LogP contribution in [0.5, 0.6) is 0 Å². The number of nitrogens with zero attached hydrogens (tertiary/aromatic N) is 1. The third kappa shape index (κ3) is 4.68. The predicted octanol–water partition coefficient (Wildman–Crippen LogP) is 1.55. The number of allylic oxidation sites excluding steroid dienone is 1. The molecule has 0 spiro atoms. The summed E-state index contributed by atoms with van der Waals surface area (Å²) in [5.41, 5.74) is 1.98. The van der Waals surface area contributed by atoms with Crippen LogP contribution >= 0.6 is 0 Å². The number of carbonyl (C=O) groups is 3. The van der Waals surface area contributed by atoms with Crippen molar-refractivity contribution in [2.45, 2.75) is 31.8 Å². The molecule has 0 saturated carbocycles. The first-order valence-corrected chi connectivity index (χ1v) is 10.9. The van der Waals surface area contributed by atoms with Crippen molar-refractivity contribution in [3.8, 4) is 0 Å². The molecule has 0 radical (unpaired) electrons. The highest BCUT2D eigenvalue weighted by Crippen LogP contribution is 2.38. The molecule has 0 aromatic heterocycles. The maximum atomic E-state index is 13.0. The molecule has 30 heavy (non-hydrogen) atoms. The van der Waals surface area contributed by atoms with Gasteiger partial charge in [-0.3, -0.25) is 14.4 Å². The molecule has 1 fully saturated rings. The standard InChI is InChI=1S/C21H23NO7S/c1-13-4-6-18(7-5-13)30(26,27)22-10-16-8-21(25)19(20(16)11-22)9-17(29-15(3)24)12-28-14(2)23/h4-9,17,20H,10-12H2,1-3H3/b19-9+/t17-,20+/m0/s1. The topological polar surface area (TPSA) is 107 Å². The molecule has 1 aromatic carbocycles. The molecule has 1 aromatic rings. The molecule has 160 valence electrons. The van der Waals surface area contributed by atoms with Gasteiger partial charge in [0.2, 0.25) is 10.0 Å². The molecule has 3 rings (SSSR count). The fraction of sp³-hybridized carbons (Fsp3) is 0.381. The molecule has 0 bridgehead atoms. The van der Waals surface area contributed by atoms with E-state index in [0.29, 0.717) is 11.1 Å². The van der Waals surface area contributed by atoms with Gasteiger partial charge in [-0.15, -0.1) is 0 Å². The number of hydrogen-bond acceptors (Lipinski definition) is 7. The van der Waals surface area contributed by atoms with Crippen molar-refractivity contribution in [1.82, 2.24) is 4.31 Å². The molecule has 0 N–H and O–H groups in total. The van der Waals surface area contributed by atoms with Crippen LogP contribution in [-0.4, -0.2) is 56.2 Å². The summed E-state index contributed by atoms with van der Waals surface area (Å²) >= 11 is 0. The summed E-state index contributed by atoms with van der Waals surface area (Å²) in [4.78, 5) is 35.1. The largest absolute Gasteiger partial charge is 0.462 e. The van der Waals surface area contributed by atoms with E-state index in [0.717, 1.165) is 5.56 Å². The SMILES string of the molecule is CC(=O)OC[C@H](/C=C1/C(=O)C=C2CN(S(=O)(=O)c3ccc(C)cc3)C[C@H]21)OC(C)=O.